The van der Waals surface area contributed by atoms with Crippen molar-refractivity contribution in [3.05, 3.63) is 34.4 Å². The van der Waals surface area contributed by atoms with Gasteiger partial charge in [-0.1, -0.05) is 57.2 Å². The van der Waals surface area contributed by atoms with Crippen molar-refractivity contribution in [3.63, 3.8) is 0 Å². The molecule has 0 aromatic heterocycles. The Morgan fingerprint density at radius 2 is 1.67 bits per heavy atom. The van der Waals surface area contributed by atoms with E-state index < -0.39 is 0 Å². The van der Waals surface area contributed by atoms with Crippen LogP contribution in [-0.4, -0.2) is 6.54 Å². The predicted octanol–water partition coefficient (Wildman–Crippen LogP) is 5.48. The molecule has 1 aliphatic carbocycles. The summed E-state index contributed by atoms with van der Waals surface area (Å²) >= 11 is 0. The predicted molar refractivity (Wildman–Crippen MR) is 92.8 cm³/mol. The number of nitrogens with one attached hydrogen (secondary N) is 1. The van der Waals surface area contributed by atoms with Crippen LogP contribution >= 0.6 is 0 Å². The van der Waals surface area contributed by atoms with Crippen LogP contribution in [0.5, 0.6) is 0 Å². The third-order valence-corrected chi connectivity index (χ3v) is 5.39. The lowest BCUT2D eigenvalue weighted by atomic mass is 9.71. The van der Waals surface area contributed by atoms with E-state index in [1.54, 1.807) is 5.56 Å². The molecule has 21 heavy (non-hydrogen) atoms. The second-order valence-electron chi connectivity index (χ2n) is 6.96. The molecule has 0 amide bonds. The van der Waals surface area contributed by atoms with Crippen molar-refractivity contribution in [2.75, 3.05) is 6.54 Å². The molecule has 0 aliphatic heterocycles. The molecule has 0 spiro atoms. The Hall–Kier alpha value is -0.820. The maximum Gasteiger partial charge on any atom is 0.0356 e. The number of hydrogen-bond donors (Lipinski definition) is 1. The Bertz CT molecular complexity index is 440. The van der Waals surface area contributed by atoms with Crippen LogP contribution in [0.4, 0.5) is 0 Å². The van der Waals surface area contributed by atoms with Crippen molar-refractivity contribution in [2.24, 2.45) is 11.8 Å². The SMILES string of the molecule is CCNC(c1c(C)cc(C)cc1C)C1CCCCC1CC. The van der Waals surface area contributed by atoms with E-state index in [0.29, 0.717) is 6.04 Å². The molecule has 1 aliphatic rings. The van der Waals surface area contributed by atoms with Gasteiger partial charge in [0.15, 0.2) is 0 Å². The van der Waals surface area contributed by atoms with Crippen LogP contribution in [0.3, 0.4) is 0 Å². The first-order chi connectivity index (χ1) is 10.1. The maximum atomic E-state index is 3.83. The average Bonchev–Trinajstić information content (AvgIpc) is 2.45. The molecule has 1 aromatic rings. The van der Waals surface area contributed by atoms with E-state index in [1.165, 1.54) is 48.8 Å². The molecule has 0 bridgehead atoms. The molecular weight excluding hydrogens is 254 g/mol. The summed E-state index contributed by atoms with van der Waals surface area (Å²) < 4.78 is 0. The Morgan fingerprint density at radius 3 is 2.24 bits per heavy atom. The van der Waals surface area contributed by atoms with Gasteiger partial charge in [0.2, 0.25) is 0 Å². The van der Waals surface area contributed by atoms with Crippen LogP contribution in [-0.2, 0) is 0 Å². The van der Waals surface area contributed by atoms with Gasteiger partial charge in [-0.05, 0) is 62.3 Å². The lowest BCUT2D eigenvalue weighted by molar-refractivity contribution is 0.176. The number of rotatable bonds is 5. The van der Waals surface area contributed by atoms with Gasteiger partial charge in [0, 0.05) is 6.04 Å². The zero-order valence-electron chi connectivity index (χ0n) is 14.6. The van der Waals surface area contributed by atoms with E-state index in [9.17, 15) is 0 Å². The lowest BCUT2D eigenvalue weighted by Crippen LogP contribution is -2.35. The Labute approximate surface area is 131 Å². The molecule has 0 radical (unpaired) electrons. The molecule has 1 saturated carbocycles. The Morgan fingerprint density at radius 1 is 1.05 bits per heavy atom. The van der Waals surface area contributed by atoms with Crippen molar-refractivity contribution in [1.29, 1.82) is 0 Å². The second-order valence-corrected chi connectivity index (χ2v) is 6.96. The van der Waals surface area contributed by atoms with Crippen LogP contribution in [0.25, 0.3) is 0 Å². The lowest BCUT2D eigenvalue weighted by Gasteiger charge is -2.39. The van der Waals surface area contributed by atoms with Crippen LogP contribution in [0, 0.1) is 32.6 Å². The van der Waals surface area contributed by atoms with Gasteiger partial charge in [0.05, 0.1) is 0 Å². The number of aryl methyl sites for hydroxylation is 3. The molecule has 1 fully saturated rings. The fourth-order valence-corrected chi connectivity index (χ4v) is 4.55. The largest absolute Gasteiger partial charge is 0.310 e. The summed E-state index contributed by atoms with van der Waals surface area (Å²) in [5.74, 6) is 1.70. The van der Waals surface area contributed by atoms with Gasteiger partial charge < -0.3 is 5.32 Å². The molecular formula is C20H33N. The first-order valence-corrected chi connectivity index (χ1v) is 8.89. The normalized spacial score (nSPS) is 24.0. The standard InChI is InChI=1S/C20H33N/c1-6-17-10-8-9-11-18(17)20(21-7-2)19-15(4)12-14(3)13-16(19)5/h12-13,17-18,20-21H,6-11H2,1-5H3. The highest BCUT2D eigenvalue weighted by atomic mass is 14.9. The quantitative estimate of drug-likeness (QED) is 0.756. The molecule has 3 atom stereocenters. The average molecular weight is 287 g/mol. The Balaban J connectivity index is 2.38. The molecule has 1 nitrogen and oxygen atoms in total. The van der Waals surface area contributed by atoms with Gasteiger partial charge in [0.25, 0.3) is 0 Å². The third-order valence-electron chi connectivity index (χ3n) is 5.39. The van der Waals surface area contributed by atoms with Crippen LogP contribution in [0.15, 0.2) is 12.1 Å². The van der Waals surface area contributed by atoms with Gasteiger partial charge in [0.1, 0.15) is 0 Å². The summed E-state index contributed by atoms with van der Waals surface area (Å²) in [5, 5.41) is 3.83. The first-order valence-electron chi connectivity index (χ1n) is 8.89. The second kappa shape index (κ2) is 7.45. The monoisotopic (exact) mass is 287 g/mol. The molecule has 1 N–H and O–H groups in total. The smallest absolute Gasteiger partial charge is 0.0356 e. The van der Waals surface area contributed by atoms with Gasteiger partial charge in [-0.2, -0.15) is 0 Å². The van der Waals surface area contributed by atoms with Gasteiger partial charge in [-0.25, -0.2) is 0 Å². The van der Waals surface area contributed by atoms with E-state index in [-0.39, 0.29) is 0 Å². The molecule has 118 valence electrons. The fourth-order valence-electron chi connectivity index (χ4n) is 4.55. The minimum atomic E-state index is 0.542. The molecule has 0 heterocycles. The molecule has 1 aromatic carbocycles. The van der Waals surface area contributed by atoms with E-state index in [4.69, 9.17) is 0 Å². The molecule has 1 heteroatoms. The highest BCUT2D eigenvalue weighted by Gasteiger charge is 2.32. The number of hydrogen-bond acceptors (Lipinski definition) is 1. The van der Waals surface area contributed by atoms with Crippen LogP contribution in [0.1, 0.15) is 74.2 Å². The topological polar surface area (TPSA) is 12.0 Å². The van der Waals surface area contributed by atoms with Gasteiger partial charge >= 0.3 is 0 Å². The first kappa shape index (κ1) is 16.5. The summed E-state index contributed by atoms with van der Waals surface area (Å²) in [6.07, 6.45) is 6.99. The highest BCUT2D eigenvalue weighted by molar-refractivity contribution is 5.40. The fraction of sp³-hybridized carbons (Fsp3) is 0.700. The van der Waals surface area contributed by atoms with E-state index in [1.807, 2.05) is 0 Å². The van der Waals surface area contributed by atoms with Crippen molar-refractivity contribution >= 4 is 0 Å². The number of benzene rings is 1. The molecule has 3 unspecified atom stereocenters. The highest BCUT2D eigenvalue weighted by Crippen LogP contribution is 2.42. The van der Waals surface area contributed by atoms with E-state index in [2.05, 4.69) is 52.1 Å². The molecule has 2 rings (SSSR count). The van der Waals surface area contributed by atoms with Crippen molar-refractivity contribution in [1.82, 2.24) is 5.32 Å². The van der Waals surface area contributed by atoms with Crippen LogP contribution < -0.4 is 5.32 Å². The molecule has 0 saturated heterocycles. The maximum absolute atomic E-state index is 3.83. The summed E-state index contributed by atoms with van der Waals surface area (Å²) in [6, 6.07) is 5.26. The van der Waals surface area contributed by atoms with Crippen molar-refractivity contribution in [2.45, 2.75) is 72.8 Å². The van der Waals surface area contributed by atoms with Gasteiger partial charge in [-0.3, -0.25) is 0 Å². The minimum absolute atomic E-state index is 0.542. The summed E-state index contributed by atoms with van der Waals surface area (Å²) in [6.45, 7) is 12.5. The van der Waals surface area contributed by atoms with Crippen LogP contribution in [0.2, 0.25) is 0 Å². The zero-order valence-corrected chi connectivity index (χ0v) is 14.6. The summed E-state index contributed by atoms with van der Waals surface area (Å²) in [5.41, 5.74) is 5.91. The third kappa shape index (κ3) is 3.69. The Kier molecular flexibility index (Phi) is 5.87. The van der Waals surface area contributed by atoms with Crippen molar-refractivity contribution in [3.8, 4) is 0 Å². The van der Waals surface area contributed by atoms with Crippen molar-refractivity contribution < 1.29 is 0 Å². The van der Waals surface area contributed by atoms with E-state index in [0.717, 1.165) is 18.4 Å². The summed E-state index contributed by atoms with van der Waals surface area (Å²) in [7, 11) is 0. The zero-order chi connectivity index (χ0) is 15.4. The van der Waals surface area contributed by atoms with E-state index >= 15 is 0 Å². The summed E-state index contributed by atoms with van der Waals surface area (Å²) in [4.78, 5) is 0. The van der Waals surface area contributed by atoms with Gasteiger partial charge in [-0.15, -0.1) is 0 Å². The minimum Gasteiger partial charge on any atom is -0.310 e.